The number of ketones is 1. The first-order valence-electron chi connectivity index (χ1n) is 3.92. The lowest BCUT2D eigenvalue weighted by molar-refractivity contribution is -0.116. The second-order valence-corrected chi connectivity index (χ2v) is 5.59. The number of halogens is 1. The molecule has 1 aromatic carbocycles. The van der Waals surface area contributed by atoms with Gasteiger partial charge in [-0.15, -0.1) is 0 Å². The van der Waals surface area contributed by atoms with Gasteiger partial charge >= 0.3 is 0 Å². The maximum Gasteiger partial charge on any atom is 0.246 e. The largest absolute Gasteiger partial charge is 0.298 e. The summed E-state index contributed by atoms with van der Waals surface area (Å²) in [5.74, 6) is -0.480. The van der Waals surface area contributed by atoms with Crippen LogP contribution in [-0.2, 0) is 13.8 Å². The molecule has 76 valence electrons. The zero-order valence-electron chi connectivity index (χ0n) is 7.48. The molecule has 0 aromatic heterocycles. The van der Waals surface area contributed by atoms with Crippen molar-refractivity contribution in [1.82, 2.24) is 0 Å². The fourth-order valence-electron chi connectivity index (χ4n) is 1.22. The fourth-order valence-corrected chi connectivity index (χ4v) is 2.79. The van der Waals surface area contributed by atoms with E-state index in [-0.39, 0.29) is 0 Å². The Morgan fingerprint density at radius 2 is 1.79 bits per heavy atom. The van der Waals surface area contributed by atoms with Gasteiger partial charge in [0.15, 0.2) is 11.0 Å². The summed E-state index contributed by atoms with van der Waals surface area (Å²) in [6, 6.07) is 8.18. The van der Waals surface area contributed by atoms with E-state index >= 15 is 0 Å². The van der Waals surface area contributed by atoms with E-state index in [9.17, 15) is 13.2 Å². The average molecular weight is 233 g/mol. The highest BCUT2D eigenvalue weighted by molar-refractivity contribution is 8.14. The molecule has 0 spiro atoms. The summed E-state index contributed by atoms with van der Waals surface area (Å²) in [5, 5.41) is -1.26. The molecule has 0 N–H and O–H groups in total. The van der Waals surface area contributed by atoms with Crippen LogP contribution in [0, 0.1) is 0 Å². The Morgan fingerprint density at radius 1 is 1.29 bits per heavy atom. The van der Waals surface area contributed by atoms with Crippen molar-refractivity contribution in [3.63, 3.8) is 0 Å². The second-order valence-electron chi connectivity index (χ2n) is 2.88. The summed E-state index contributed by atoms with van der Waals surface area (Å²) >= 11 is 0. The number of benzene rings is 1. The zero-order chi connectivity index (χ0) is 10.8. The van der Waals surface area contributed by atoms with Gasteiger partial charge in [-0.3, -0.25) is 4.79 Å². The van der Waals surface area contributed by atoms with Gasteiger partial charge in [-0.05, 0) is 12.5 Å². The minimum Gasteiger partial charge on any atom is -0.298 e. The van der Waals surface area contributed by atoms with Gasteiger partial charge in [0.25, 0.3) is 0 Å². The molecule has 0 bridgehead atoms. The highest BCUT2D eigenvalue weighted by atomic mass is 35.7. The molecule has 1 unspecified atom stereocenters. The average Bonchev–Trinajstić information content (AvgIpc) is 2.02. The van der Waals surface area contributed by atoms with Crippen molar-refractivity contribution in [3.8, 4) is 0 Å². The van der Waals surface area contributed by atoms with Crippen molar-refractivity contribution in [1.29, 1.82) is 0 Å². The second kappa shape index (κ2) is 4.11. The Labute approximate surface area is 87.1 Å². The van der Waals surface area contributed by atoms with E-state index in [4.69, 9.17) is 10.7 Å². The lowest BCUT2D eigenvalue weighted by atomic mass is 10.1. The van der Waals surface area contributed by atoms with Crippen molar-refractivity contribution in [2.45, 2.75) is 12.2 Å². The standard InChI is InChI=1S/C9H9ClO3S/c1-7(11)9(14(10,12)13)8-5-3-2-4-6-8/h2-6,9H,1H3. The van der Waals surface area contributed by atoms with Crippen LogP contribution in [0.25, 0.3) is 0 Å². The monoisotopic (exact) mass is 232 g/mol. The Kier molecular flexibility index (Phi) is 3.29. The van der Waals surface area contributed by atoms with Crippen molar-refractivity contribution >= 4 is 25.5 Å². The molecular weight excluding hydrogens is 224 g/mol. The first kappa shape index (κ1) is 11.2. The van der Waals surface area contributed by atoms with Gasteiger partial charge in [0.05, 0.1) is 0 Å². The molecule has 14 heavy (non-hydrogen) atoms. The van der Waals surface area contributed by atoms with E-state index < -0.39 is 20.1 Å². The van der Waals surface area contributed by atoms with Crippen LogP contribution in [0.3, 0.4) is 0 Å². The molecule has 0 aliphatic rings. The van der Waals surface area contributed by atoms with E-state index in [1.54, 1.807) is 30.3 Å². The third-order valence-electron chi connectivity index (χ3n) is 1.75. The van der Waals surface area contributed by atoms with Gasteiger partial charge in [-0.1, -0.05) is 30.3 Å². The number of Topliss-reactive ketones (excluding diaryl/α,β-unsaturated/α-hetero) is 1. The zero-order valence-corrected chi connectivity index (χ0v) is 9.05. The predicted octanol–water partition coefficient (Wildman–Crippen LogP) is 1.89. The van der Waals surface area contributed by atoms with Crippen molar-refractivity contribution in [3.05, 3.63) is 35.9 Å². The first-order chi connectivity index (χ1) is 6.43. The molecule has 5 heteroatoms. The SMILES string of the molecule is CC(=O)C(c1ccccc1)S(=O)(=O)Cl. The third-order valence-corrected chi connectivity index (χ3v) is 3.45. The maximum atomic E-state index is 11.1. The summed E-state index contributed by atoms with van der Waals surface area (Å²) in [7, 11) is 1.29. The molecule has 0 saturated heterocycles. The Balaban J connectivity index is 3.22. The number of hydrogen-bond acceptors (Lipinski definition) is 3. The van der Waals surface area contributed by atoms with Crippen LogP contribution in [0.4, 0.5) is 0 Å². The molecule has 1 rings (SSSR count). The van der Waals surface area contributed by atoms with Crippen LogP contribution in [0.2, 0.25) is 0 Å². The molecule has 0 amide bonds. The van der Waals surface area contributed by atoms with Crippen LogP contribution < -0.4 is 0 Å². The molecule has 0 saturated carbocycles. The number of hydrogen-bond donors (Lipinski definition) is 0. The molecule has 3 nitrogen and oxygen atoms in total. The smallest absolute Gasteiger partial charge is 0.246 e. The van der Waals surface area contributed by atoms with Crippen LogP contribution in [0.1, 0.15) is 17.7 Å². The maximum absolute atomic E-state index is 11.1. The van der Waals surface area contributed by atoms with Gasteiger partial charge in [0, 0.05) is 10.7 Å². The molecule has 0 heterocycles. The highest BCUT2D eigenvalue weighted by Gasteiger charge is 2.29. The summed E-state index contributed by atoms with van der Waals surface area (Å²) in [6.45, 7) is 1.21. The van der Waals surface area contributed by atoms with E-state index in [1.165, 1.54) is 6.92 Å². The number of carbonyl (C=O) groups is 1. The number of rotatable bonds is 3. The van der Waals surface area contributed by atoms with Crippen LogP contribution >= 0.6 is 10.7 Å². The van der Waals surface area contributed by atoms with E-state index in [1.807, 2.05) is 0 Å². The Morgan fingerprint density at radius 3 is 2.14 bits per heavy atom. The molecule has 1 atom stereocenters. The van der Waals surface area contributed by atoms with Crippen molar-refractivity contribution in [2.75, 3.05) is 0 Å². The molecule has 0 radical (unpaired) electrons. The summed E-state index contributed by atoms with van der Waals surface area (Å²) in [4.78, 5) is 11.1. The summed E-state index contributed by atoms with van der Waals surface area (Å²) < 4.78 is 22.2. The normalized spacial score (nSPS) is 13.6. The Hall–Kier alpha value is -0.870. The Bertz CT molecular complexity index is 425. The molecule has 0 aliphatic heterocycles. The lowest BCUT2D eigenvalue weighted by Gasteiger charge is -2.09. The molecule has 0 fully saturated rings. The summed E-state index contributed by atoms with van der Waals surface area (Å²) in [6.07, 6.45) is 0. The van der Waals surface area contributed by atoms with Crippen LogP contribution in [0.5, 0.6) is 0 Å². The van der Waals surface area contributed by atoms with E-state index in [0.29, 0.717) is 5.56 Å². The fraction of sp³-hybridized carbons (Fsp3) is 0.222. The molecular formula is C9H9ClO3S. The predicted molar refractivity (Wildman–Crippen MR) is 54.6 cm³/mol. The third kappa shape index (κ3) is 2.56. The highest BCUT2D eigenvalue weighted by Crippen LogP contribution is 2.26. The van der Waals surface area contributed by atoms with Crippen LogP contribution in [-0.4, -0.2) is 14.2 Å². The summed E-state index contributed by atoms with van der Waals surface area (Å²) in [5.41, 5.74) is 0.398. The van der Waals surface area contributed by atoms with Crippen LogP contribution in [0.15, 0.2) is 30.3 Å². The quantitative estimate of drug-likeness (QED) is 0.748. The van der Waals surface area contributed by atoms with E-state index in [0.717, 1.165) is 0 Å². The molecule has 0 aliphatic carbocycles. The van der Waals surface area contributed by atoms with Gasteiger partial charge < -0.3 is 0 Å². The molecule has 1 aromatic rings. The minimum absolute atomic E-state index is 0.398. The first-order valence-corrected chi connectivity index (χ1v) is 6.29. The van der Waals surface area contributed by atoms with Gasteiger partial charge in [0.1, 0.15) is 0 Å². The lowest BCUT2D eigenvalue weighted by Crippen LogP contribution is -2.15. The van der Waals surface area contributed by atoms with Crippen molar-refractivity contribution < 1.29 is 13.2 Å². The minimum atomic E-state index is -3.89. The number of carbonyl (C=O) groups excluding carboxylic acids is 1. The van der Waals surface area contributed by atoms with Gasteiger partial charge in [0.2, 0.25) is 9.05 Å². The topological polar surface area (TPSA) is 51.2 Å². The van der Waals surface area contributed by atoms with E-state index in [2.05, 4.69) is 0 Å². The van der Waals surface area contributed by atoms with Gasteiger partial charge in [-0.2, -0.15) is 0 Å². The van der Waals surface area contributed by atoms with Gasteiger partial charge in [-0.25, -0.2) is 8.42 Å². The van der Waals surface area contributed by atoms with Crippen molar-refractivity contribution in [2.24, 2.45) is 0 Å².